The van der Waals surface area contributed by atoms with Crippen molar-refractivity contribution in [3.8, 4) is 11.5 Å². The topological polar surface area (TPSA) is 89.5 Å². The summed E-state index contributed by atoms with van der Waals surface area (Å²) in [6, 6.07) is 13.5. The average Bonchev–Trinajstić information content (AvgIpc) is 2.88. The first-order chi connectivity index (χ1) is 17.0. The largest absolute Gasteiger partial charge is 0.493 e. The van der Waals surface area contributed by atoms with Crippen molar-refractivity contribution in [2.45, 2.75) is 6.42 Å². The van der Waals surface area contributed by atoms with Gasteiger partial charge in [-0.15, -0.1) is 11.6 Å². The van der Waals surface area contributed by atoms with E-state index in [1.165, 1.54) is 12.4 Å². The summed E-state index contributed by atoms with van der Waals surface area (Å²) < 4.78 is 12.2. The molecule has 0 atom stereocenters. The maximum Gasteiger partial charge on any atom is 0.274 e. The Kier molecular flexibility index (Phi) is 8.07. The zero-order valence-electron chi connectivity index (χ0n) is 18.5. The molecule has 4 aromatic rings. The highest BCUT2D eigenvalue weighted by Crippen LogP contribution is 2.35. The Morgan fingerprint density at radius 1 is 1.09 bits per heavy atom. The van der Waals surface area contributed by atoms with E-state index in [0.29, 0.717) is 58.0 Å². The number of fused-ring (bicyclic) bond motifs is 1. The Morgan fingerprint density at radius 3 is 2.66 bits per heavy atom. The molecule has 0 unspecified atom stereocenters. The molecule has 0 saturated carbocycles. The second-order valence-corrected chi connectivity index (χ2v) is 8.41. The number of anilines is 3. The first-order valence-electron chi connectivity index (χ1n) is 10.5. The van der Waals surface area contributed by atoms with Crippen LogP contribution in [0.2, 0.25) is 5.02 Å². The molecule has 2 aromatic carbocycles. The highest BCUT2D eigenvalue weighted by Gasteiger charge is 2.18. The van der Waals surface area contributed by atoms with Crippen LogP contribution in [0, 0.1) is 0 Å². The van der Waals surface area contributed by atoms with Crippen LogP contribution in [0.15, 0.2) is 61.1 Å². The number of carbonyl (C=O) groups excluding carboxylic acids is 1. The number of aromatic nitrogens is 3. The van der Waals surface area contributed by atoms with E-state index in [1.807, 2.05) is 0 Å². The van der Waals surface area contributed by atoms with Crippen LogP contribution in [0.1, 0.15) is 16.8 Å². The van der Waals surface area contributed by atoms with E-state index in [4.69, 9.17) is 44.5 Å². The average molecular weight is 533 g/mol. The minimum Gasteiger partial charge on any atom is -0.493 e. The van der Waals surface area contributed by atoms with Gasteiger partial charge in [-0.2, -0.15) is 4.42 Å². The quantitative estimate of drug-likeness (QED) is 0.155. The van der Waals surface area contributed by atoms with Gasteiger partial charge in [-0.25, -0.2) is 15.0 Å². The molecule has 0 aliphatic heterocycles. The molecular weight excluding hydrogens is 513 g/mol. The Bertz CT molecular complexity index is 1340. The molecule has 0 bridgehead atoms. The van der Waals surface area contributed by atoms with Crippen LogP contribution in [0.3, 0.4) is 0 Å². The van der Waals surface area contributed by atoms with Gasteiger partial charge in [0.25, 0.3) is 5.91 Å². The maximum absolute atomic E-state index is 12.6. The lowest BCUT2D eigenvalue weighted by Gasteiger charge is -2.15. The summed E-state index contributed by atoms with van der Waals surface area (Å²) in [4.78, 5) is 25.6. The minimum atomic E-state index is -0.444. The van der Waals surface area contributed by atoms with Gasteiger partial charge in [0.15, 0.2) is 17.3 Å². The third-order valence-corrected chi connectivity index (χ3v) is 5.75. The molecule has 1 amide bonds. The van der Waals surface area contributed by atoms with Gasteiger partial charge in [-0.05, 0) is 42.8 Å². The van der Waals surface area contributed by atoms with E-state index >= 15 is 0 Å². The normalized spacial score (nSPS) is 10.7. The molecule has 2 aromatic heterocycles. The molecule has 0 radical (unpaired) electrons. The van der Waals surface area contributed by atoms with Gasteiger partial charge < -0.3 is 14.8 Å². The van der Waals surface area contributed by atoms with Crippen LogP contribution in [-0.4, -0.2) is 40.5 Å². The first-order valence-corrected chi connectivity index (χ1v) is 11.8. The lowest BCUT2D eigenvalue weighted by atomic mass is 10.2. The van der Waals surface area contributed by atoms with Crippen molar-refractivity contribution in [2.75, 3.05) is 29.3 Å². The lowest BCUT2D eigenvalue weighted by molar-refractivity contribution is 0.100. The zero-order chi connectivity index (χ0) is 24.8. The lowest BCUT2D eigenvalue weighted by Crippen LogP contribution is -2.21. The molecule has 180 valence electrons. The molecule has 35 heavy (non-hydrogen) atoms. The molecule has 0 aliphatic rings. The molecule has 0 aliphatic carbocycles. The number of nitrogens with one attached hydrogen (secondary N) is 1. The van der Waals surface area contributed by atoms with Gasteiger partial charge in [0.05, 0.1) is 31.1 Å². The Labute approximate surface area is 216 Å². The van der Waals surface area contributed by atoms with E-state index in [1.54, 1.807) is 55.8 Å². The smallest absolute Gasteiger partial charge is 0.274 e. The van der Waals surface area contributed by atoms with Crippen LogP contribution in [0.25, 0.3) is 10.9 Å². The highest BCUT2D eigenvalue weighted by molar-refractivity contribution is 6.39. The number of carbonyl (C=O) groups is 1. The van der Waals surface area contributed by atoms with E-state index in [0.717, 1.165) is 9.81 Å². The first kappa shape index (κ1) is 24.8. The summed E-state index contributed by atoms with van der Waals surface area (Å²) in [6.45, 7) is 0.469. The van der Waals surface area contributed by atoms with E-state index in [-0.39, 0.29) is 5.82 Å². The number of pyridine rings is 1. The van der Waals surface area contributed by atoms with Crippen molar-refractivity contribution < 1.29 is 14.3 Å². The number of methoxy groups -OCH3 is 1. The zero-order valence-corrected chi connectivity index (χ0v) is 20.8. The van der Waals surface area contributed by atoms with Crippen LogP contribution >= 0.6 is 35.0 Å². The number of hydrogen-bond acceptors (Lipinski definition) is 7. The summed E-state index contributed by atoms with van der Waals surface area (Å²) in [5.74, 6) is 2.00. The monoisotopic (exact) mass is 531 g/mol. The third kappa shape index (κ3) is 5.85. The van der Waals surface area contributed by atoms with Crippen LogP contribution in [-0.2, 0) is 0 Å². The fraction of sp³-hybridized carbons (Fsp3) is 0.167. The SMILES string of the molecule is COc1cc2c(Nc3ccc(N(Cl)C(=O)c4cccc(Cl)c4)nc3)ncnc2cc1OCCCCl. The summed E-state index contributed by atoms with van der Waals surface area (Å²) in [5.41, 5.74) is 1.66. The van der Waals surface area contributed by atoms with Gasteiger partial charge in [-0.1, -0.05) is 17.7 Å². The van der Waals surface area contributed by atoms with Crippen molar-refractivity contribution in [1.29, 1.82) is 0 Å². The Morgan fingerprint density at radius 2 is 1.94 bits per heavy atom. The van der Waals surface area contributed by atoms with Gasteiger partial charge >= 0.3 is 0 Å². The molecule has 11 heteroatoms. The number of nitrogens with zero attached hydrogens (tertiary/aromatic N) is 4. The number of rotatable bonds is 9. The van der Waals surface area contributed by atoms with E-state index in [2.05, 4.69) is 20.3 Å². The van der Waals surface area contributed by atoms with Crippen molar-refractivity contribution in [1.82, 2.24) is 15.0 Å². The van der Waals surface area contributed by atoms with Gasteiger partial charge in [0.2, 0.25) is 0 Å². The molecular formula is C24H20Cl3N5O3. The van der Waals surface area contributed by atoms with E-state index in [9.17, 15) is 4.79 Å². The summed E-state index contributed by atoms with van der Waals surface area (Å²) >= 11 is 17.9. The van der Waals surface area contributed by atoms with Crippen molar-refractivity contribution in [3.63, 3.8) is 0 Å². The predicted molar refractivity (Wildman–Crippen MR) is 139 cm³/mol. The molecule has 1 N–H and O–H groups in total. The second-order valence-electron chi connectivity index (χ2n) is 7.26. The third-order valence-electron chi connectivity index (χ3n) is 4.92. The number of amides is 1. The fourth-order valence-corrected chi connectivity index (χ4v) is 3.72. The molecule has 0 saturated heterocycles. The number of alkyl halides is 1. The van der Waals surface area contributed by atoms with Crippen LogP contribution in [0.4, 0.5) is 17.3 Å². The number of ether oxygens (including phenoxy) is 2. The van der Waals surface area contributed by atoms with Crippen molar-refractivity contribution in [2.24, 2.45) is 0 Å². The molecule has 2 heterocycles. The number of hydrogen-bond donors (Lipinski definition) is 1. The highest BCUT2D eigenvalue weighted by atomic mass is 35.5. The Hall–Kier alpha value is -3.33. The van der Waals surface area contributed by atoms with Crippen LogP contribution < -0.4 is 19.2 Å². The maximum atomic E-state index is 12.6. The van der Waals surface area contributed by atoms with Crippen molar-refractivity contribution in [3.05, 3.63) is 71.6 Å². The Balaban J connectivity index is 1.54. The molecule has 0 fully saturated rings. The van der Waals surface area contributed by atoms with Gasteiger partial charge in [0, 0.05) is 39.7 Å². The van der Waals surface area contributed by atoms with Crippen molar-refractivity contribution >= 4 is 69.1 Å². The van der Waals surface area contributed by atoms with Crippen LogP contribution in [0.5, 0.6) is 11.5 Å². The van der Waals surface area contributed by atoms with E-state index < -0.39 is 5.91 Å². The summed E-state index contributed by atoms with van der Waals surface area (Å²) in [7, 11) is 1.57. The fourth-order valence-electron chi connectivity index (χ4n) is 3.22. The van der Waals surface area contributed by atoms with Gasteiger partial charge in [0.1, 0.15) is 12.1 Å². The molecule has 8 nitrogen and oxygen atoms in total. The molecule has 4 rings (SSSR count). The second kappa shape index (κ2) is 11.4. The standard InChI is InChI=1S/C24H20Cl3N5O3/c1-34-20-11-18-19(12-21(20)35-9-3-8-25)29-14-30-23(18)31-17-6-7-22(28-13-17)32(27)24(33)15-4-2-5-16(26)10-15/h2,4-7,10-14H,3,8-9H2,1H3,(H,29,30,31). The molecule has 0 spiro atoms. The number of benzene rings is 2. The predicted octanol–water partition coefficient (Wildman–Crippen LogP) is 6.24. The number of halogens is 3. The summed E-state index contributed by atoms with van der Waals surface area (Å²) in [6.07, 6.45) is 3.71. The van der Waals surface area contributed by atoms with Gasteiger partial charge in [-0.3, -0.25) is 4.79 Å². The summed E-state index contributed by atoms with van der Waals surface area (Å²) in [5, 5.41) is 4.38. The minimum absolute atomic E-state index is 0.259.